The highest BCUT2D eigenvalue weighted by atomic mass is 31.1. The van der Waals surface area contributed by atoms with E-state index in [2.05, 4.69) is 5.32 Å². The van der Waals surface area contributed by atoms with Gasteiger partial charge in [-0.3, -0.25) is 4.79 Å². The van der Waals surface area contributed by atoms with Crippen molar-refractivity contribution in [1.29, 1.82) is 0 Å². The fourth-order valence-corrected chi connectivity index (χ4v) is 2.15. The maximum Gasteiger partial charge on any atom is 0.694 e. The Balaban J connectivity index is 2.12. The van der Waals surface area contributed by atoms with Crippen LogP contribution in [-0.2, 0) is 9.09 Å². The van der Waals surface area contributed by atoms with E-state index < -0.39 is 14.3 Å². The SMILES string of the molecule is O=C(NC(CO[P+](=O)O)c1ccccc1)c1ccccc1. The number of carbonyl (C=O) groups excluding carboxylic acids is 1. The zero-order chi connectivity index (χ0) is 15.1. The van der Waals surface area contributed by atoms with Crippen molar-refractivity contribution in [3.63, 3.8) is 0 Å². The molecule has 2 atom stereocenters. The van der Waals surface area contributed by atoms with Crippen LogP contribution in [0.15, 0.2) is 60.7 Å². The second-order valence-electron chi connectivity index (χ2n) is 4.34. The van der Waals surface area contributed by atoms with Crippen LogP contribution in [0, 0.1) is 0 Å². The Morgan fingerprint density at radius 1 is 1.10 bits per heavy atom. The molecule has 0 aliphatic heterocycles. The van der Waals surface area contributed by atoms with Crippen molar-refractivity contribution in [1.82, 2.24) is 5.32 Å². The number of amides is 1. The summed E-state index contributed by atoms with van der Waals surface area (Å²) in [5.41, 5.74) is 1.32. The van der Waals surface area contributed by atoms with Crippen molar-refractivity contribution in [3.8, 4) is 0 Å². The van der Waals surface area contributed by atoms with Crippen LogP contribution in [0.1, 0.15) is 22.0 Å². The van der Waals surface area contributed by atoms with Gasteiger partial charge in [-0.25, -0.2) is 0 Å². The average molecular weight is 304 g/mol. The Labute approximate surface area is 123 Å². The predicted molar refractivity (Wildman–Crippen MR) is 78.9 cm³/mol. The monoisotopic (exact) mass is 304 g/mol. The molecule has 2 unspecified atom stereocenters. The van der Waals surface area contributed by atoms with Gasteiger partial charge < -0.3 is 5.32 Å². The van der Waals surface area contributed by atoms with Crippen molar-refractivity contribution in [2.75, 3.05) is 6.61 Å². The number of benzene rings is 2. The second kappa shape index (κ2) is 7.64. The first-order chi connectivity index (χ1) is 10.2. The first kappa shape index (κ1) is 15.3. The summed E-state index contributed by atoms with van der Waals surface area (Å²) in [5, 5.41) is 2.80. The van der Waals surface area contributed by atoms with E-state index in [9.17, 15) is 9.36 Å². The number of carbonyl (C=O) groups is 1. The number of hydrogen-bond acceptors (Lipinski definition) is 3. The Morgan fingerprint density at radius 3 is 2.24 bits per heavy atom. The van der Waals surface area contributed by atoms with Crippen molar-refractivity contribution >= 4 is 14.2 Å². The highest BCUT2D eigenvalue weighted by Crippen LogP contribution is 2.21. The first-order valence-electron chi connectivity index (χ1n) is 6.36. The van der Waals surface area contributed by atoms with Crippen LogP contribution >= 0.6 is 8.25 Å². The standard InChI is InChI=1S/C15H14NO4P/c17-15(13-9-5-2-6-10-13)16-14(11-20-21(18)19)12-7-3-1-4-8-12/h1-10,14H,11H2,(H-,16,17,18,19)/p+1. The van der Waals surface area contributed by atoms with E-state index in [1.807, 2.05) is 36.4 Å². The molecule has 2 aromatic carbocycles. The van der Waals surface area contributed by atoms with E-state index in [1.165, 1.54) is 0 Å². The molecule has 5 nitrogen and oxygen atoms in total. The van der Waals surface area contributed by atoms with Crippen LogP contribution in [-0.4, -0.2) is 17.4 Å². The van der Waals surface area contributed by atoms with Crippen molar-refractivity contribution in [2.24, 2.45) is 0 Å². The van der Waals surface area contributed by atoms with E-state index in [0.29, 0.717) is 5.56 Å². The zero-order valence-corrected chi connectivity index (χ0v) is 12.1. The Hall–Kier alpha value is -2.07. The largest absolute Gasteiger partial charge is 0.694 e. The summed E-state index contributed by atoms with van der Waals surface area (Å²) in [7, 11) is -2.70. The molecule has 2 rings (SSSR count). The third-order valence-corrected chi connectivity index (χ3v) is 3.26. The number of nitrogens with one attached hydrogen (secondary N) is 1. The van der Waals surface area contributed by atoms with Gasteiger partial charge in [0.1, 0.15) is 6.61 Å². The summed E-state index contributed by atoms with van der Waals surface area (Å²) in [4.78, 5) is 20.9. The smallest absolute Gasteiger partial charge is 0.343 e. The molecule has 0 heterocycles. The third-order valence-electron chi connectivity index (χ3n) is 2.89. The van der Waals surface area contributed by atoms with E-state index in [-0.39, 0.29) is 12.5 Å². The molecule has 0 bridgehead atoms. The molecule has 0 spiro atoms. The van der Waals surface area contributed by atoms with E-state index in [4.69, 9.17) is 9.42 Å². The van der Waals surface area contributed by atoms with Crippen LogP contribution in [0.5, 0.6) is 0 Å². The van der Waals surface area contributed by atoms with Crippen molar-refractivity contribution in [2.45, 2.75) is 6.04 Å². The molecule has 2 aromatic rings. The van der Waals surface area contributed by atoms with E-state index in [0.717, 1.165) is 5.56 Å². The molecule has 2 N–H and O–H groups in total. The van der Waals surface area contributed by atoms with Gasteiger partial charge in [0.2, 0.25) is 0 Å². The first-order valence-corrected chi connectivity index (χ1v) is 7.50. The summed E-state index contributed by atoms with van der Waals surface area (Å²) in [6, 6.07) is 17.4. The van der Waals surface area contributed by atoms with Crippen LogP contribution < -0.4 is 5.32 Å². The predicted octanol–water partition coefficient (Wildman–Crippen LogP) is 2.82. The fraction of sp³-hybridized carbons (Fsp3) is 0.133. The number of rotatable bonds is 6. The molecule has 108 valence electrons. The van der Waals surface area contributed by atoms with Crippen LogP contribution in [0.4, 0.5) is 0 Å². The molecule has 0 aliphatic carbocycles. The van der Waals surface area contributed by atoms with Crippen molar-refractivity contribution in [3.05, 3.63) is 71.8 Å². The molecule has 1 amide bonds. The zero-order valence-electron chi connectivity index (χ0n) is 11.2. The summed E-state index contributed by atoms with van der Waals surface area (Å²) in [5.74, 6) is -0.263. The topological polar surface area (TPSA) is 75.6 Å². The normalized spacial score (nSPS) is 12.5. The molecular formula is C15H15NO4P+. The molecule has 0 aliphatic rings. The minimum atomic E-state index is -2.70. The van der Waals surface area contributed by atoms with Crippen molar-refractivity contribution < 1.29 is 18.8 Å². The van der Waals surface area contributed by atoms with Gasteiger partial charge in [0.05, 0.1) is 6.04 Å². The van der Waals surface area contributed by atoms with Crippen LogP contribution in [0.25, 0.3) is 0 Å². The Kier molecular flexibility index (Phi) is 5.58. The van der Waals surface area contributed by atoms with Gasteiger partial charge in [-0.15, -0.1) is 9.42 Å². The molecule has 21 heavy (non-hydrogen) atoms. The lowest BCUT2D eigenvalue weighted by molar-refractivity contribution is 0.0919. The molecular weight excluding hydrogens is 289 g/mol. The van der Waals surface area contributed by atoms with Crippen LogP contribution in [0.3, 0.4) is 0 Å². The summed E-state index contributed by atoms with van der Waals surface area (Å²) < 4.78 is 15.4. The van der Waals surface area contributed by atoms with Gasteiger partial charge in [0.25, 0.3) is 5.91 Å². The second-order valence-corrected chi connectivity index (χ2v) is 5.07. The summed E-state index contributed by atoms with van der Waals surface area (Å²) in [6.45, 7) is -0.0751. The molecule has 0 saturated carbocycles. The van der Waals surface area contributed by atoms with Crippen LogP contribution in [0.2, 0.25) is 0 Å². The van der Waals surface area contributed by atoms with Gasteiger partial charge in [0.15, 0.2) is 0 Å². The van der Waals surface area contributed by atoms with Gasteiger partial charge in [-0.1, -0.05) is 48.5 Å². The van der Waals surface area contributed by atoms with Gasteiger partial charge >= 0.3 is 8.25 Å². The minimum Gasteiger partial charge on any atom is -0.343 e. The molecule has 0 radical (unpaired) electrons. The lowest BCUT2D eigenvalue weighted by Crippen LogP contribution is -2.31. The van der Waals surface area contributed by atoms with E-state index >= 15 is 0 Å². The third kappa shape index (κ3) is 4.76. The van der Waals surface area contributed by atoms with Gasteiger partial charge in [-0.05, 0) is 17.7 Å². The molecule has 6 heteroatoms. The summed E-state index contributed by atoms with van der Waals surface area (Å²) in [6.07, 6.45) is 0. The quantitative estimate of drug-likeness (QED) is 0.805. The Morgan fingerprint density at radius 2 is 1.67 bits per heavy atom. The highest BCUT2D eigenvalue weighted by molar-refractivity contribution is 7.32. The van der Waals surface area contributed by atoms with E-state index in [1.54, 1.807) is 24.3 Å². The fourth-order valence-electron chi connectivity index (χ4n) is 1.88. The summed E-state index contributed by atoms with van der Waals surface area (Å²) >= 11 is 0. The van der Waals surface area contributed by atoms with Gasteiger partial charge in [-0.2, -0.15) is 0 Å². The Bertz CT molecular complexity index is 604. The highest BCUT2D eigenvalue weighted by Gasteiger charge is 2.21. The lowest BCUT2D eigenvalue weighted by Gasteiger charge is -2.16. The minimum absolute atomic E-state index is 0.0751. The van der Waals surface area contributed by atoms with Gasteiger partial charge in [0, 0.05) is 10.1 Å². The maximum absolute atomic E-state index is 12.2. The lowest BCUT2D eigenvalue weighted by atomic mass is 10.1. The number of hydrogen-bond donors (Lipinski definition) is 2. The average Bonchev–Trinajstić information content (AvgIpc) is 2.52. The molecule has 0 saturated heterocycles. The maximum atomic E-state index is 12.2. The molecule has 0 fully saturated rings. The molecule has 0 aromatic heterocycles.